The summed E-state index contributed by atoms with van der Waals surface area (Å²) in [5.41, 5.74) is 4.70. The van der Waals surface area contributed by atoms with Gasteiger partial charge in [0.25, 0.3) is 0 Å². The molecule has 0 atom stereocenters. The average Bonchev–Trinajstić information content (AvgIpc) is 2.47. The van der Waals surface area contributed by atoms with Crippen molar-refractivity contribution in [2.75, 3.05) is 0 Å². The fourth-order valence-electron chi connectivity index (χ4n) is 3.61. The molecule has 1 heterocycles. The van der Waals surface area contributed by atoms with Crippen LogP contribution in [0.25, 0.3) is 0 Å². The molecule has 1 radical (unpaired) electrons. The highest BCUT2D eigenvalue weighted by molar-refractivity contribution is 5.50. The van der Waals surface area contributed by atoms with Crippen molar-refractivity contribution < 1.29 is 5.21 Å². The first-order chi connectivity index (χ1) is 8.35. The summed E-state index contributed by atoms with van der Waals surface area (Å²) in [6.45, 7) is 8.21. The number of hydrogen-bond acceptors (Lipinski definition) is 1. The molecule has 0 saturated heterocycles. The second-order valence-electron chi connectivity index (χ2n) is 6.49. The van der Waals surface area contributed by atoms with Gasteiger partial charge in [-0.2, -0.15) is 0 Å². The summed E-state index contributed by atoms with van der Waals surface area (Å²) in [7, 11) is 0. The Morgan fingerprint density at radius 1 is 0.889 bits per heavy atom. The number of benzene rings is 1. The highest BCUT2D eigenvalue weighted by Gasteiger charge is 2.52. The van der Waals surface area contributed by atoms with Crippen molar-refractivity contribution >= 4 is 0 Å². The Bertz CT molecular complexity index is 493. The van der Waals surface area contributed by atoms with Gasteiger partial charge in [-0.1, -0.05) is 24.3 Å². The van der Waals surface area contributed by atoms with E-state index in [2.05, 4.69) is 52.0 Å². The van der Waals surface area contributed by atoms with E-state index < -0.39 is 0 Å². The van der Waals surface area contributed by atoms with Gasteiger partial charge in [-0.25, -0.2) is 0 Å². The monoisotopic (exact) mass is 242 g/mol. The SMILES string of the molecule is CC1(C)C2=C(Cc3ccccc3C2)C(C)(C)N1[O]. The van der Waals surface area contributed by atoms with Crippen LogP contribution in [0.1, 0.15) is 38.8 Å². The van der Waals surface area contributed by atoms with Crippen molar-refractivity contribution in [3.05, 3.63) is 46.5 Å². The topological polar surface area (TPSA) is 23.1 Å². The Kier molecular flexibility index (Phi) is 2.30. The average molecular weight is 242 g/mol. The van der Waals surface area contributed by atoms with Crippen LogP contribution in [0.4, 0.5) is 0 Å². The van der Waals surface area contributed by atoms with Crippen LogP contribution in [0.2, 0.25) is 0 Å². The lowest BCUT2D eigenvalue weighted by Gasteiger charge is -2.34. The number of hydroxylamine groups is 2. The van der Waals surface area contributed by atoms with Crippen LogP contribution in [-0.4, -0.2) is 16.1 Å². The molecular weight excluding hydrogens is 222 g/mol. The van der Waals surface area contributed by atoms with E-state index in [1.165, 1.54) is 27.3 Å². The van der Waals surface area contributed by atoms with Gasteiger partial charge in [-0.15, -0.1) is 10.3 Å². The summed E-state index contributed by atoms with van der Waals surface area (Å²) < 4.78 is 0. The van der Waals surface area contributed by atoms with Crippen molar-refractivity contribution in [3.63, 3.8) is 0 Å². The largest absolute Gasteiger partial charge is 0.136 e. The van der Waals surface area contributed by atoms with Gasteiger partial charge >= 0.3 is 0 Å². The first-order valence-electron chi connectivity index (χ1n) is 6.62. The highest BCUT2D eigenvalue weighted by atomic mass is 16.5. The Balaban J connectivity index is 2.13. The molecule has 0 unspecified atom stereocenters. The zero-order valence-corrected chi connectivity index (χ0v) is 11.6. The van der Waals surface area contributed by atoms with Gasteiger partial charge in [0.2, 0.25) is 0 Å². The maximum absolute atomic E-state index is 12.5. The molecule has 3 rings (SSSR count). The van der Waals surface area contributed by atoms with E-state index in [1.54, 1.807) is 0 Å². The molecule has 0 spiro atoms. The third-order valence-electron chi connectivity index (χ3n) is 4.71. The predicted molar refractivity (Wildman–Crippen MR) is 71.6 cm³/mol. The lowest BCUT2D eigenvalue weighted by atomic mass is 9.78. The molecule has 2 heteroatoms. The summed E-state index contributed by atoms with van der Waals surface area (Å²) in [5, 5.41) is 13.8. The van der Waals surface area contributed by atoms with E-state index in [0.717, 1.165) is 12.8 Å². The molecule has 2 nitrogen and oxygen atoms in total. The third kappa shape index (κ3) is 1.36. The Morgan fingerprint density at radius 2 is 1.28 bits per heavy atom. The van der Waals surface area contributed by atoms with Crippen molar-refractivity contribution in [3.8, 4) is 0 Å². The maximum atomic E-state index is 12.5. The van der Waals surface area contributed by atoms with Gasteiger partial charge in [0.05, 0.1) is 11.1 Å². The van der Waals surface area contributed by atoms with Crippen LogP contribution < -0.4 is 0 Å². The molecule has 18 heavy (non-hydrogen) atoms. The lowest BCUT2D eigenvalue weighted by Crippen LogP contribution is -2.47. The van der Waals surface area contributed by atoms with E-state index in [4.69, 9.17) is 0 Å². The van der Waals surface area contributed by atoms with Crippen LogP contribution in [0, 0.1) is 0 Å². The normalized spacial score (nSPS) is 24.9. The zero-order chi connectivity index (χ0) is 13.1. The Hall–Kier alpha value is -1.12. The van der Waals surface area contributed by atoms with Crippen molar-refractivity contribution in [1.29, 1.82) is 0 Å². The number of rotatable bonds is 0. The zero-order valence-electron chi connectivity index (χ0n) is 11.6. The van der Waals surface area contributed by atoms with Gasteiger partial charge in [0, 0.05) is 0 Å². The van der Waals surface area contributed by atoms with Gasteiger partial charge < -0.3 is 0 Å². The smallest absolute Gasteiger partial charge is 0.0662 e. The molecule has 0 aromatic heterocycles. The summed E-state index contributed by atoms with van der Waals surface area (Å²) in [5.74, 6) is 0. The summed E-state index contributed by atoms with van der Waals surface area (Å²) in [6.07, 6.45) is 1.86. The molecule has 95 valence electrons. The van der Waals surface area contributed by atoms with Crippen LogP contribution in [-0.2, 0) is 18.0 Å². The van der Waals surface area contributed by atoms with Crippen molar-refractivity contribution in [1.82, 2.24) is 5.06 Å². The molecule has 1 aromatic carbocycles. The molecule has 0 fully saturated rings. The number of fused-ring (bicyclic) bond motifs is 1. The second kappa shape index (κ2) is 3.46. The molecular formula is C16H20NO. The second-order valence-corrected chi connectivity index (χ2v) is 6.49. The molecule has 0 bridgehead atoms. The van der Waals surface area contributed by atoms with Crippen molar-refractivity contribution in [2.24, 2.45) is 0 Å². The van der Waals surface area contributed by atoms with E-state index >= 15 is 0 Å². The molecule has 1 aliphatic heterocycles. The molecule has 0 saturated carbocycles. The minimum atomic E-state index is -0.369. The third-order valence-corrected chi connectivity index (χ3v) is 4.71. The fourth-order valence-corrected chi connectivity index (χ4v) is 3.61. The quantitative estimate of drug-likeness (QED) is 0.640. The maximum Gasteiger partial charge on any atom is 0.0662 e. The van der Waals surface area contributed by atoms with Gasteiger partial charge in [0.15, 0.2) is 0 Å². The molecule has 2 aliphatic rings. The molecule has 0 N–H and O–H groups in total. The first kappa shape index (κ1) is 11.9. The van der Waals surface area contributed by atoms with Gasteiger partial charge in [0.1, 0.15) is 0 Å². The minimum Gasteiger partial charge on any atom is -0.136 e. The van der Waals surface area contributed by atoms with Gasteiger partial charge in [-0.3, -0.25) is 0 Å². The summed E-state index contributed by atoms with van der Waals surface area (Å²) >= 11 is 0. The predicted octanol–water partition coefficient (Wildman–Crippen LogP) is 3.30. The number of hydrogen-bond donors (Lipinski definition) is 0. The van der Waals surface area contributed by atoms with E-state index in [-0.39, 0.29) is 11.1 Å². The Labute approximate surface area is 109 Å². The van der Waals surface area contributed by atoms with Crippen LogP contribution in [0.15, 0.2) is 35.4 Å². The van der Waals surface area contributed by atoms with Crippen LogP contribution >= 0.6 is 0 Å². The van der Waals surface area contributed by atoms with Crippen molar-refractivity contribution in [2.45, 2.75) is 51.6 Å². The molecule has 1 aromatic rings. The van der Waals surface area contributed by atoms with E-state index in [9.17, 15) is 5.21 Å². The summed E-state index contributed by atoms with van der Waals surface area (Å²) in [4.78, 5) is 0. The lowest BCUT2D eigenvalue weighted by molar-refractivity contribution is -0.240. The van der Waals surface area contributed by atoms with Crippen LogP contribution in [0.5, 0.6) is 0 Å². The molecule has 0 amide bonds. The van der Waals surface area contributed by atoms with E-state index in [1.807, 2.05) is 0 Å². The minimum absolute atomic E-state index is 0.369. The standard InChI is InChI=1S/C16H20NO/c1-15(2)13-9-11-7-5-6-8-12(11)10-14(13)16(3,4)17(15)18/h5-8H,9-10H2,1-4H3. The highest BCUT2D eigenvalue weighted by Crippen LogP contribution is 2.48. The molecule has 1 aliphatic carbocycles. The van der Waals surface area contributed by atoms with E-state index in [0.29, 0.717) is 0 Å². The first-order valence-corrected chi connectivity index (χ1v) is 6.62. The van der Waals surface area contributed by atoms with Crippen LogP contribution in [0.3, 0.4) is 0 Å². The number of nitrogens with zero attached hydrogens (tertiary/aromatic N) is 1. The summed E-state index contributed by atoms with van der Waals surface area (Å²) in [6, 6.07) is 8.56. The van der Waals surface area contributed by atoms with Gasteiger partial charge in [-0.05, 0) is 62.8 Å². The fraction of sp³-hybridized carbons (Fsp3) is 0.500. The Morgan fingerprint density at radius 3 is 1.67 bits per heavy atom.